The number of nitrogen functional groups attached to an aromatic ring is 1. The lowest BCUT2D eigenvalue weighted by atomic mass is 9.95. The van der Waals surface area contributed by atoms with Gasteiger partial charge in [-0.1, -0.05) is 24.6 Å². The number of nitrogens with two attached hydrogens (primary N) is 1. The number of thioether (sulfide) groups is 1. The van der Waals surface area contributed by atoms with Crippen molar-refractivity contribution in [2.24, 2.45) is 0 Å². The van der Waals surface area contributed by atoms with Crippen LogP contribution in [0.15, 0.2) is 24.3 Å². The molecular formula is C16H20N2OS2. The van der Waals surface area contributed by atoms with Crippen LogP contribution in [0.2, 0.25) is 0 Å². The smallest absolute Gasteiger partial charge is 0.263 e. The molecular weight excluding hydrogens is 300 g/mol. The summed E-state index contributed by atoms with van der Waals surface area (Å²) in [6.07, 6.45) is 6.75. The van der Waals surface area contributed by atoms with Gasteiger partial charge in [0.2, 0.25) is 0 Å². The quantitative estimate of drug-likeness (QED) is 0.902. The molecule has 5 heteroatoms. The van der Waals surface area contributed by atoms with Crippen molar-refractivity contribution in [1.29, 1.82) is 0 Å². The molecule has 1 aliphatic carbocycles. The lowest BCUT2D eigenvalue weighted by molar-refractivity contribution is 0.0933. The van der Waals surface area contributed by atoms with Crippen molar-refractivity contribution >= 4 is 44.8 Å². The Kier molecular flexibility index (Phi) is 4.40. The van der Waals surface area contributed by atoms with Gasteiger partial charge in [-0.15, -0.1) is 11.3 Å². The Morgan fingerprint density at radius 3 is 2.95 bits per heavy atom. The van der Waals surface area contributed by atoms with Gasteiger partial charge in [0.15, 0.2) is 0 Å². The van der Waals surface area contributed by atoms with Crippen molar-refractivity contribution in [3.05, 3.63) is 29.1 Å². The molecule has 0 saturated heterocycles. The minimum Gasteiger partial charge on any atom is -0.397 e. The Balaban J connectivity index is 1.76. The number of carbonyl (C=O) groups is 1. The number of benzene rings is 1. The number of anilines is 1. The molecule has 0 bridgehead atoms. The van der Waals surface area contributed by atoms with Crippen LogP contribution < -0.4 is 11.1 Å². The van der Waals surface area contributed by atoms with E-state index in [2.05, 4.69) is 11.6 Å². The largest absolute Gasteiger partial charge is 0.397 e. The number of hydrogen-bond acceptors (Lipinski definition) is 4. The van der Waals surface area contributed by atoms with Crippen molar-refractivity contribution in [3.8, 4) is 0 Å². The topological polar surface area (TPSA) is 55.1 Å². The van der Waals surface area contributed by atoms with E-state index in [1.807, 2.05) is 36.0 Å². The Labute approximate surface area is 133 Å². The summed E-state index contributed by atoms with van der Waals surface area (Å²) in [5.74, 6) is -0.0135. The molecule has 3 N–H and O–H groups in total. The second-order valence-electron chi connectivity index (χ2n) is 5.54. The molecule has 3 nitrogen and oxygen atoms in total. The zero-order valence-electron chi connectivity index (χ0n) is 12.1. The minimum atomic E-state index is -0.0135. The fourth-order valence-corrected chi connectivity index (χ4v) is 4.83. The van der Waals surface area contributed by atoms with Crippen LogP contribution in [-0.4, -0.2) is 23.5 Å². The van der Waals surface area contributed by atoms with E-state index in [4.69, 9.17) is 5.73 Å². The zero-order chi connectivity index (χ0) is 14.8. The number of thiophene rings is 1. The van der Waals surface area contributed by atoms with Gasteiger partial charge in [0.25, 0.3) is 5.91 Å². The van der Waals surface area contributed by atoms with Crippen LogP contribution in [0.5, 0.6) is 0 Å². The number of amides is 1. The Hall–Kier alpha value is -1.20. The molecule has 1 saturated carbocycles. The summed E-state index contributed by atoms with van der Waals surface area (Å²) in [4.78, 5) is 13.2. The van der Waals surface area contributed by atoms with Crippen molar-refractivity contribution < 1.29 is 4.79 Å². The average molecular weight is 320 g/mol. The van der Waals surface area contributed by atoms with Crippen LogP contribution >= 0.6 is 23.1 Å². The number of nitrogens with one attached hydrogen (secondary N) is 1. The SMILES string of the molecule is CSC1CCCC(NC(=O)c2sc3ccccc3c2N)C1. The maximum Gasteiger partial charge on any atom is 0.263 e. The molecule has 2 unspecified atom stereocenters. The molecule has 3 rings (SSSR count). The van der Waals surface area contributed by atoms with E-state index < -0.39 is 0 Å². The van der Waals surface area contributed by atoms with Crippen molar-refractivity contribution in [3.63, 3.8) is 0 Å². The van der Waals surface area contributed by atoms with E-state index >= 15 is 0 Å². The Morgan fingerprint density at radius 1 is 1.38 bits per heavy atom. The highest BCUT2D eigenvalue weighted by Gasteiger charge is 2.24. The van der Waals surface area contributed by atoms with E-state index in [1.54, 1.807) is 0 Å². The first-order valence-electron chi connectivity index (χ1n) is 7.29. The Bertz CT molecular complexity index is 653. The number of fused-ring (bicyclic) bond motifs is 1. The van der Waals surface area contributed by atoms with E-state index in [1.165, 1.54) is 24.2 Å². The first-order valence-corrected chi connectivity index (χ1v) is 9.40. The molecule has 1 aromatic carbocycles. The van der Waals surface area contributed by atoms with E-state index in [0.717, 1.165) is 22.9 Å². The van der Waals surface area contributed by atoms with Gasteiger partial charge < -0.3 is 11.1 Å². The third-order valence-corrected chi connectivity index (χ3v) is 6.41. The van der Waals surface area contributed by atoms with Gasteiger partial charge in [0, 0.05) is 21.4 Å². The van der Waals surface area contributed by atoms with E-state index in [-0.39, 0.29) is 11.9 Å². The van der Waals surface area contributed by atoms with Crippen LogP contribution in [-0.2, 0) is 0 Å². The first kappa shape index (κ1) is 14.7. The second-order valence-corrected chi connectivity index (χ2v) is 7.73. The van der Waals surface area contributed by atoms with Gasteiger partial charge in [-0.2, -0.15) is 11.8 Å². The molecule has 1 aromatic heterocycles. The zero-order valence-corrected chi connectivity index (χ0v) is 13.7. The maximum absolute atomic E-state index is 12.5. The van der Waals surface area contributed by atoms with Gasteiger partial charge in [0.05, 0.1) is 5.69 Å². The lowest BCUT2D eigenvalue weighted by Crippen LogP contribution is -2.39. The summed E-state index contributed by atoms with van der Waals surface area (Å²) in [6.45, 7) is 0. The van der Waals surface area contributed by atoms with Crippen LogP contribution in [0.4, 0.5) is 5.69 Å². The fraction of sp³-hybridized carbons (Fsp3) is 0.438. The highest BCUT2D eigenvalue weighted by atomic mass is 32.2. The first-order chi connectivity index (χ1) is 10.2. The third-order valence-electron chi connectivity index (χ3n) is 4.13. The van der Waals surface area contributed by atoms with Gasteiger partial charge in [-0.3, -0.25) is 4.79 Å². The summed E-state index contributed by atoms with van der Waals surface area (Å²) < 4.78 is 1.07. The summed E-state index contributed by atoms with van der Waals surface area (Å²) in [7, 11) is 0. The lowest BCUT2D eigenvalue weighted by Gasteiger charge is -2.28. The molecule has 1 amide bonds. The minimum absolute atomic E-state index is 0.0135. The van der Waals surface area contributed by atoms with Gasteiger partial charge in [0.1, 0.15) is 4.88 Å². The molecule has 1 fully saturated rings. The second kappa shape index (κ2) is 6.28. The predicted molar refractivity (Wildman–Crippen MR) is 93.3 cm³/mol. The fourth-order valence-electron chi connectivity index (χ4n) is 2.98. The summed E-state index contributed by atoms with van der Waals surface area (Å²) in [5.41, 5.74) is 6.76. The molecule has 0 radical (unpaired) electrons. The number of rotatable bonds is 3. The summed E-state index contributed by atoms with van der Waals surface area (Å²) >= 11 is 3.39. The van der Waals surface area contributed by atoms with Crippen LogP contribution in [0, 0.1) is 0 Å². The molecule has 2 atom stereocenters. The van der Waals surface area contributed by atoms with Crippen LogP contribution in [0.25, 0.3) is 10.1 Å². The molecule has 112 valence electrons. The standard InChI is InChI=1S/C16H20N2OS2/c1-20-11-6-4-5-10(9-11)18-16(19)15-14(17)12-7-2-3-8-13(12)21-15/h2-3,7-8,10-11H,4-6,9,17H2,1H3,(H,18,19). The van der Waals surface area contributed by atoms with Crippen LogP contribution in [0.1, 0.15) is 35.4 Å². The molecule has 1 aliphatic rings. The predicted octanol–water partition coefficient (Wildman–Crippen LogP) is 3.89. The molecule has 2 aromatic rings. The van der Waals surface area contributed by atoms with E-state index in [9.17, 15) is 4.79 Å². The molecule has 21 heavy (non-hydrogen) atoms. The highest BCUT2D eigenvalue weighted by Crippen LogP contribution is 2.34. The molecule has 1 heterocycles. The number of hydrogen-bond donors (Lipinski definition) is 2. The van der Waals surface area contributed by atoms with Gasteiger partial charge in [-0.25, -0.2) is 0 Å². The van der Waals surface area contributed by atoms with Crippen molar-refractivity contribution in [2.45, 2.75) is 37.0 Å². The Morgan fingerprint density at radius 2 is 2.19 bits per heavy atom. The van der Waals surface area contributed by atoms with E-state index in [0.29, 0.717) is 15.8 Å². The maximum atomic E-state index is 12.5. The van der Waals surface area contributed by atoms with Gasteiger partial charge >= 0.3 is 0 Å². The summed E-state index contributed by atoms with van der Waals surface area (Å²) in [5, 5.41) is 4.83. The van der Waals surface area contributed by atoms with Gasteiger partial charge in [-0.05, 0) is 31.6 Å². The van der Waals surface area contributed by atoms with Crippen molar-refractivity contribution in [1.82, 2.24) is 5.32 Å². The monoisotopic (exact) mass is 320 g/mol. The van der Waals surface area contributed by atoms with Crippen molar-refractivity contribution in [2.75, 3.05) is 12.0 Å². The van der Waals surface area contributed by atoms with Crippen LogP contribution in [0.3, 0.4) is 0 Å². The highest BCUT2D eigenvalue weighted by molar-refractivity contribution is 7.99. The number of carbonyl (C=O) groups excluding carboxylic acids is 1. The molecule has 0 aliphatic heterocycles. The summed E-state index contributed by atoms with van der Waals surface area (Å²) in [6, 6.07) is 8.20. The third kappa shape index (κ3) is 3.04. The average Bonchev–Trinajstić information content (AvgIpc) is 2.85. The normalized spacial score (nSPS) is 22.3. The molecule has 0 spiro atoms.